The van der Waals surface area contributed by atoms with E-state index in [1.165, 1.54) is 5.56 Å². The van der Waals surface area contributed by atoms with Crippen molar-refractivity contribution in [3.05, 3.63) is 82.7 Å². The second kappa shape index (κ2) is 9.18. The van der Waals surface area contributed by atoms with Crippen molar-refractivity contribution >= 4 is 17.7 Å². The molecule has 1 N–H and O–H groups in total. The minimum atomic E-state index is -1.07. The number of hydrogen-bond acceptors (Lipinski definition) is 5. The molecule has 0 saturated carbocycles. The first-order valence-electron chi connectivity index (χ1n) is 10.7. The molecule has 0 aliphatic heterocycles. The van der Waals surface area contributed by atoms with E-state index in [0.29, 0.717) is 11.4 Å². The smallest absolute Gasteiger partial charge is 0.380 e. The molecule has 0 spiro atoms. The zero-order valence-electron chi connectivity index (χ0n) is 18.1. The standard InChI is InChI=1S/C25H25N3O4/c1-16-23(17(2)28(27-16)19-11-4-3-5-12-19)24(30)25(31)32-15-22(29)26-21-14-8-10-18-9-6-7-13-20(18)21/h3-7,9,11-13,21H,8,10,14-15H2,1-2H3,(H,26,29). The molecule has 0 fully saturated rings. The molecule has 1 atom stereocenters. The number of fused-ring (bicyclic) bond motifs is 1. The van der Waals surface area contributed by atoms with Crippen LogP contribution in [0, 0.1) is 13.8 Å². The van der Waals surface area contributed by atoms with Crippen LogP contribution in [-0.2, 0) is 20.7 Å². The van der Waals surface area contributed by atoms with Gasteiger partial charge in [-0.25, -0.2) is 9.48 Å². The Hall–Kier alpha value is -3.74. The maximum absolute atomic E-state index is 12.7. The Labute approximate surface area is 186 Å². The van der Waals surface area contributed by atoms with Crippen LogP contribution in [0.2, 0.25) is 0 Å². The quantitative estimate of drug-likeness (QED) is 0.367. The summed E-state index contributed by atoms with van der Waals surface area (Å²) in [5, 5.41) is 7.30. The number of nitrogens with one attached hydrogen (secondary N) is 1. The van der Waals surface area contributed by atoms with Crippen molar-refractivity contribution in [1.82, 2.24) is 15.1 Å². The lowest BCUT2D eigenvalue weighted by molar-refractivity contribution is -0.144. The van der Waals surface area contributed by atoms with E-state index in [2.05, 4.69) is 16.5 Å². The van der Waals surface area contributed by atoms with Crippen LogP contribution < -0.4 is 5.32 Å². The molecule has 1 aliphatic carbocycles. The van der Waals surface area contributed by atoms with E-state index < -0.39 is 24.3 Å². The summed E-state index contributed by atoms with van der Waals surface area (Å²) in [5.74, 6) is -2.30. The zero-order chi connectivity index (χ0) is 22.7. The van der Waals surface area contributed by atoms with Gasteiger partial charge >= 0.3 is 5.97 Å². The van der Waals surface area contributed by atoms with E-state index in [1.54, 1.807) is 18.5 Å². The summed E-state index contributed by atoms with van der Waals surface area (Å²) in [6, 6.07) is 17.2. The van der Waals surface area contributed by atoms with E-state index in [1.807, 2.05) is 48.5 Å². The lowest BCUT2D eigenvalue weighted by atomic mass is 9.88. The summed E-state index contributed by atoms with van der Waals surface area (Å²) in [6.07, 6.45) is 2.79. The molecular formula is C25H25N3O4. The largest absolute Gasteiger partial charge is 0.450 e. The van der Waals surface area contributed by atoms with E-state index in [4.69, 9.17) is 4.74 Å². The number of Topliss-reactive ketones (excluding diaryl/α,β-unsaturated/α-hetero) is 1. The SMILES string of the molecule is Cc1nn(-c2ccccc2)c(C)c1C(=O)C(=O)OCC(=O)NC1CCCc2ccccc21. The first kappa shape index (κ1) is 21.5. The number of rotatable bonds is 6. The minimum absolute atomic E-state index is 0.115. The molecule has 1 aromatic heterocycles. The number of ketones is 1. The predicted molar refractivity (Wildman–Crippen MR) is 119 cm³/mol. The third kappa shape index (κ3) is 4.32. The van der Waals surface area contributed by atoms with Crippen molar-refractivity contribution in [2.45, 2.75) is 39.2 Å². The molecule has 4 rings (SSSR count). The normalized spacial score (nSPS) is 15.0. The minimum Gasteiger partial charge on any atom is -0.450 e. The van der Waals surface area contributed by atoms with Crippen LogP contribution in [0.25, 0.3) is 5.69 Å². The molecule has 1 heterocycles. The highest BCUT2D eigenvalue weighted by atomic mass is 16.5. The number of nitrogens with zero attached hydrogens (tertiary/aromatic N) is 2. The number of aryl methyl sites for hydroxylation is 2. The van der Waals surface area contributed by atoms with Gasteiger partial charge in [-0.3, -0.25) is 9.59 Å². The zero-order valence-corrected chi connectivity index (χ0v) is 18.1. The average Bonchev–Trinajstić information content (AvgIpc) is 3.11. The monoisotopic (exact) mass is 431 g/mol. The lowest BCUT2D eigenvalue weighted by Gasteiger charge is -2.26. The molecule has 0 saturated heterocycles. The molecule has 7 heteroatoms. The fourth-order valence-electron chi connectivity index (χ4n) is 4.23. The Morgan fingerprint density at radius 2 is 1.78 bits per heavy atom. The molecular weight excluding hydrogens is 406 g/mol. The van der Waals surface area contributed by atoms with Crippen LogP contribution >= 0.6 is 0 Å². The summed E-state index contributed by atoms with van der Waals surface area (Å²) in [5.41, 5.74) is 4.26. The maximum Gasteiger partial charge on any atom is 0.380 e. The van der Waals surface area contributed by atoms with Gasteiger partial charge in [-0.05, 0) is 56.4 Å². The number of carbonyl (C=O) groups excluding carboxylic acids is 3. The van der Waals surface area contributed by atoms with Crippen LogP contribution in [0.4, 0.5) is 0 Å². The number of para-hydroxylation sites is 1. The summed E-state index contributed by atoms with van der Waals surface area (Å²) in [4.78, 5) is 37.5. The van der Waals surface area contributed by atoms with Gasteiger partial charge < -0.3 is 10.1 Å². The van der Waals surface area contributed by atoms with Gasteiger partial charge in [0.15, 0.2) is 6.61 Å². The maximum atomic E-state index is 12.7. The number of hydrogen-bond donors (Lipinski definition) is 1. The molecule has 164 valence electrons. The first-order chi connectivity index (χ1) is 15.5. The summed E-state index contributed by atoms with van der Waals surface area (Å²) in [6.45, 7) is 2.88. The van der Waals surface area contributed by atoms with Crippen molar-refractivity contribution in [2.24, 2.45) is 0 Å². The Kier molecular flexibility index (Phi) is 6.16. The molecule has 1 aliphatic rings. The number of esters is 1. The Bertz CT molecular complexity index is 1170. The number of benzene rings is 2. The highest BCUT2D eigenvalue weighted by Crippen LogP contribution is 2.29. The van der Waals surface area contributed by atoms with Gasteiger partial charge in [0.1, 0.15) is 0 Å². The number of amides is 1. The second-order valence-corrected chi connectivity index (χ2v) is 7.91. The molecule has 32 heavy (non-hydrogen) atoms. The average molecular weight is 431 g/mol. The highest BCUT2D eigenvalue weighted by Gasteiger charge is 2.27. The van der Waals surface area contributed by atoms with Gasteiger partial charge in [0.25, 0.3) is 11.7 Å². The molecule has 0 bridgehead atoms. The summed E-state index contributed by atoms with van der Waals surface area (Å²) < 4.78 is 6.65. The lowest BCUT2D eigenvalue weighted by Crippen LogP contribution is -2.35. The van der Waals surface area contributed by atoms with Crippen LogP contribution in [0.1, 0.15) is 51.8 Å². The Morgan fingerprint density at radius 1 is 1.06 bits per heavy atom. The molecule has 3 aromatic rings. The van der Waals surface area contributed by atoms with Gasteiger partial charge in [-0.15, -0.1) is 0 Å². The van der Waals surface area contributed by atoms with Crippen molar-refractivity contribution in [3.8, 4) is 5.69 Å². The predicted octanol–water partition coefficient (Wildman–Crippen LogP) is 3.41. The first-order valence-corrected chi connectivity index (χ1v) is 10.7. The second-order valence-electron chi connectivity index (χ2n) is 7.91. The molecule has 7 nitrogen and oxygen atoms in total. The van der Waals surface area contributed by atoms with Crippen molar-refractivity contribution in [2.75, 3.05) is 6.61 Å². The molecule has 1 unspecified atom stereocenters. The summed E-state index contributed by atoms with van der Waals surface area (Å²) in [7, 11) is 0. The van der Waals surface area contributed by atoms with Crippen molar-refractivity contribution in [1.29, 1.82) is 0 Å². The topological polar surface area (TPSA) is 90.3 Å². The van der Waals surface area contributed by atoms with Crippen LogP contribution in [0.5, 0.6) is 0 Å². The van der Waals surface area contributed by atoms with Gasteiger partial charge in [0.2, 0.25) is 0 Å². The third-order valence-corrected chi connectivity index (χ3v) is 5.74. The number of ether oxygens (including phenoxy) is 1. The fourth-order valence-corrected chi connectivity index (χ4v) is 4.23. The van der Waals surface area contributed by atoms with E-state index in [-0.39, 0.29) is 11.6 Å². The van der Waals surface area contributed by atoms with Gasteiger partial charge in [-0.1, -0.05) is 42.5 Å². The number of carbonyl (C=O) groups is 3. The van der Waals surface area contributed by atoms with Crippen LogP contribution in [-0.4, -0.2) is 34.0 Å². The Balaban J connectivity index is 1.39. The van der Waals surface area contributed by atoms with Gasteiger partial charge in [0.05, 0.1) is 28.7 Å². The molecule has 1 amide bonds. The van der Waals surface area contributed by atoms with Gasteiger partial charge in [-0.2, -0.15) is 5.10 Å². The molecule has 0 radical (unpaired) electrons. The Morgan fingerprint density at radius 3 is 2.56 bits per heavy atom. The van der Waals surface area contributed by atoms with Crippen LogP contribution in [0.3, 0.4) is 0 Å². The third-order valence-electron chi connectivity index (χ3n) is 5.74. The van der Waals surface area contributed by atoms with Crippen LogP contribution in [0.15, 0.2) is 54.6 Å². The highest BCUT2D eigenvalue weighted by molar-refractivity contribution is 6.41. The fraction of sp³-hybridized carbons (Fsp3) is 0.280. The summed E-state index contributed by atoms with van der Waals surface area (Å²) >= 11 is 0. The van der Waals surface area contributed by atoms with Crippen molar-refractivity contribution in [3.63, 3.8) is 0 Å². The van der Waals surface area contributed by atoms with E-state index in [0.717, 1.165) is 30.5 Å². The van der Waals surface area contributed by atoms with E-state index in [9.17, 15) is 14.4 Å². The van der Waals surface area contributed by atoms with Crippen molar-refractivity contribution < 1.29 is 19.1 Å². The number of aromatic nitrogens is 2. The van der Waals surface area contributed by atoms with E-state index >= 15 is 0 Å². The van der Waals surface area contributed by atoms with Gasteiger partial charge in [0, 0.05) is 0 Å². The molecule has 2 aromatic carbocycles.